The maximum absolute atomic E-state index is 13.4. The van der Waals surface area contributed by atoms with Crippen molar-refractivity contribution in [3.8, 4) is 0 Å². The molecule has 3 aromatic carbocycles. The molecule has 0 aliphatic rings. The van der Waals surface area contributed by atoms with Crippen molar-refractivity contribution in [1.82, 2.24) is 10.6 Å². The van der Waals surface area contributed by atoms with Crippen LogP contribution in [0.15, 0.2) is 84.9 Å². The Morgan fingerprint density at radius 2 is 1.50 bits per heavy atom. The zero-order valence-corrected chi connectivity index (χ0v) is 24.8. The molecule has 0 saturated heterocycles. The van der Waals surface area contributed by atoms with Crippen LogP contribution in [0.4, 0.5) is 11.4 Å². The number of hydrogen-bond donors (Lipinski definition) is 3. The summed E-state index contributed by atoms with van der Waals surface area (Å²) in [7, 11) is -3.66. The minimum atomic E-state index is -3.66. The molecule has 3 N–H and O–H groups in total. The van der Waals surface area contributed by atoms with Crippen LogP contribution in [0.5, 0.6) is 0 Å². The summed E-state index contributed by atoms with van der Waals surface area (Å²) in [4.78, 5) is 13.4. The smallest absolute Gasteiger partial charge is 0.251 e. The summed E-state index contributed by atoms with van der Waals surface area (Å²) in [6, 6.07) is 24.7. The quantitative estimate of drug-likeness (QED) is 0.233. The van der Waals surface area contributed by atoms with Gasteiger partial charge in [-0.3, -0.25) is 4.79 Å². The first-order chi connectivity index (χ1) is 19.0. The number of hydrogen-bond acceptors (Lipinski definition) is 5. The van der Waals surface area contributed by atoms with Crippen LogP contribution in [0.1, 0.15) is 56.0 Å². The molecular formula is C32H43N3O4S. The molecule has 0 fully saturated rings. The van der Waals surface area contributed by atoms with Gasteiger partial charge >= 0.3 is 0 Å². The molecule has 7 nitrogen and oxygen atoms in total. The lowest BCUT2D eigenvalue weighted by Crippen LogP contribution is -2.49. The highest BCUT2D eigenvalue weighted by Gasteiger charge is 2.25. The third-order valence-electron chi connectivity index (χ3n) is 6.84. The Bertz CT molecular complexity index is 1300. The van der Waals surface area contributed by atoms with Crippen LogP contribution in [0.3, 0.4) is 0 Å². The molecular weight excluding hydrogens is 522 g/mol. The van der Waals surface area contributed by atoms with E-state index in [9.17, 15) is 18.3 Å². The van der Waals surface area contributed by atoms with Crippen LogP contribution in [-0.4, -0.2) is 50.4 Å². The second kappa shape index (κ2) is 15.0. The Hall–Kier alpha value is -3.20. The van der Waals surface area contributed by atoms with Crippen molar-refractivity contribution < 1.29 is 18.3 Å². The molecule has 3 aromatic rings. The summed E-state index contributed by atoms with van der Waals surface area (Å²) in [5.74, 6) is 0.285. The highest BCUT2D eigenvalue weighted by Crippen LogP contribution is 2.29. The number of aliphatic hydroxyl groups is 1. The van der Waals surface area contributed by atoms with E-state index in [1.54, 1.807) is 48.5 Å². The van der Waals surface area contributed by atoms with E-state index in [1.807, 2.05) is 36.4 Å². The molecule has 0 heterocycles. The fourth-order valence-corrected chi connectivity index (χ4v) is 5.67. The van der Waals surface area contributed by atoms with Crippen molar-refractivity contribution in [2.45, 2.75) is 64.6 Å². The number of para-hydroxylation sites is 1. The van der Waals surface area contributed by atoms with Crippen LogP contribution in [0, 0.1) is 5.92 Å². The van der Waals surface area contributed by atoms with Gasteiger partial charge in [0.05, 0.1) is 29.8 Å². The Morgan fingerprint density at radius 3 is 2.12 bits per heavy atom. The molecule has 3 atom stereocenters. The van der Waals surface area contributed by atoms with E-state index in [-0.39, 0.29) is 11.9 Å². The number of benzene rings is 3. The maximum atomic E-state index is 13.4. The summed E-state index contributed by atoms with van der Waals surface area (Å²) in [6.45, 7) is 6.89. The van der Waals surface area contributed by atoms with Crippen LogP contribution in [0.25, 0.3) is 0 Å². The fourth-order valence-electron chi connectivity index (χ4n) is 4.67. The Morgan fingerprint density at radius 1 is 0.875 bits per heavy atom. The molecule has 1 amide bonds. The standard InChI is InChI=1S/C32H43N3O4S/c1-24(2)13-11-14-25(3)33-23-31(36)30(21-26-15-7-5-8-16-26)34-32(37)27-17-12-20-29(22-27)35(40(4,38)39)28-18-9-6-10-19-28/h5-10,12,15-20,22,24-25,30-31,33,36H,11,13-14,21,23H2,1-4H3,(H,34,37)/t25?,30-,31+/m0/s1. The second-order valence-corrected chi connectivity index (χ2v) is 12.7. The minimum Gasteiger partial charge on any atom is -0.390 e. The molecule has 1 unspecified atom stereocenters. The van der Waals surface area contributed by atoms with E-state index in [4.69, 9.17) is 0 Å². The fraction of sp³-hybridized carbons (Fsp3) is 0.406. The van der Waals surface area contributed by atoms with E-state index in [0.29, 0.717) is 35.8 Å². The van der Waals surface area contributed by atoms with E-state index in [2.05, 4.69) is 31.4 Å². The number of carbonyl (C=O) groups excluding carboxylic acids is 1. The first kappa shape index (κ1) is 31.3. The molecule has 0 aliphatic heterocycles. The number of anilines is 2. The molecule has 0 aromatic heterocycles. The predicted octanol–water partition coefficient (Wildman–Crippen LogP) is 5.29. The molecule has 216 valence electrons. The van der Waals surface area contributed by atoms with Gasteiger partial charge < -0.3 is 15.7 Å². The van der Waals surface area contributed by atoms with Crippen molar-refractivity contribution in [3.05, 3.63) is 96.1 Å². The first-order valence-electron chi connectivity index (χ1n) is 14.0. The topological polar surface area (TPSA) is 98.7 Å². The molecule has 0 radical (unpaired) electrons. The largest absolute Gasteiger partial charge is 0.390 e. The predicted molar refractivity (Wildman–Crippen MR) is 163 cm³/mol. The lowest BCUT2D eigenvalue weighted by molar-refractivity contribution is 0.0825. The van der Waals surface area contributed by atoms with Crippen LogP contribution in [-0.2, 0) is 16.4 Å². The SMILES string of the molecule is CC(C)CCCC(C)NC[C@@H](O)[C@H](Cc1ccccc1)NC(=O)c1cccc(N(c2ccccc2)S(C)(=O)=O)c1. The minimum absolute atomic E-state index is 0.248. The normalized spacial score (nSPS) is 13.9. The van der Waals surface area contributed by atoms with E-state index >= 15 is 0 Å². The Balaban J connectivity index is 1.77. The summed E-state index contributed by atoms with van der Waals surface area (Å²) in [6.07, 6.45) is 4.08. The number of rotatable bonds is 15. The Labute approximate surface area is 239 Å². The number of amides is 1. The third-order valence-corrected chi connectivity index (χ3v) is 7.92. The van der Waals surface area contributed by atoms with Gasteiger partial charge in [0.1, 0.15) is 0 Å². The first-order valence-corrected chi connectivity index (χ1v) is 15.8. The van der Waals surface area contributed by atoms with E-state index in [1.165, 1.54) is 10.7 Å². The summed E-state index contributed by atoms with van der Waals surface area (Å²) in [5.41, 5.74) is 2.15. The van der Waals surface area contributed by atoms with Crippen molar-refractivity contribution in [1.29, 1.82) is 0 Å². The van der Waals surface area contributed by atoms with E-state index in [0.717, 1.165) is 24.7 Å². The maximum Gasteiger partial charge on any atom is 0.251 e. The van der Waals surface area contributed by atoms with Crippen LogP contribution in [0.2, 0.25) is 0 Å². The number of aliphatic hydroxyl groups excluding tert-OH is 1. The van der Waals surface area contributed by atoms with Gasteiger partial charge in [0.2, 0.25) is 10.0 Å². The highest BCUT2D eigenvalue weighted by atomic mass is 32.2. The zero-order valence-electron chi connectivity index (χ0n) is 24.0. The average Bonchev–Trinajstić information content (AvgIpc) is 2.92. The average molecular weight is 566 g/mol. The molecule has 0 saturated carbocycles. The molecule has 0 bridgehead atoms. The third kappa shape index (κ3) is 9.77. The molecule has 0 aliphatic carbocycles. The van der Waals surface area contributed by atoms with Gasteiger partial charge in [-0.25, -0.2) is 12.7 Å². The van der Waals surface area contributed by atoms with Crippen molar-refractivity contribution >= 4 is 27.3 Å². The number of carbonyl (C=O) groups is 1. The van der Waals surface area contributed by atoms with Crippen LogP contribution >= 0.6 is 0 Å². The zero-order chi connectivity index (χ0) is 29.1. The summed E-state index contributed by atoms with van der Waals surface area (Å²) < 4.78 is 26.6. The van der Waals surface area contributed by atoms with Gasteiger partial charge in [0, 0.05) is 18.2 Å². The van der Waals surface area contributed by atoms with Gasteiger partial charge in [0.15, 0.2) is 0 Å². The number of nitrogens with zero attached hydrogens (tertiary/aromatic N) is 1. The summed E-state index contributed by atoms with van der Waals surface area (Å²) >= 11 is 0. The van der Waals surface area contributed by atoms with Gasteiger partial charge in [-0.15, -0.1) is 0 Å². The number of sulfonamides is 1. The lowest BCUT2D eigenvalue weighted by atomic mass is 9.99. The monoisotopic (exact) mass is 565 g/mol. The molecule has 40 heavy (non-hydrogen) atoms. The molecule has 0 spiro atoms. The van der Waals surface area contributed by atoms with Crippen molar-refractivity contribution in [2.75, 3.05) is 17.1 Å². The van der Waals surface area contributed by atoms with Crippen molar-refractivity contribution in [2.24, 2.45) is 5.92 Å². The molecule has 8 heteroatoms. The van der Waals surface area contributed by atoms with Crippen molar-refractivity contribution in [3.63, 3.8) is 0 Å². The van der Waals surface area contributed by atoms with Gasteiger partial charge in [0.25, 0.3) is 5.91 Å². The van der Waals surface area contributed by atoms with Gasteiger partial charge in [-0.1, -0.05) is 81.3 Å². The van der Waals surface area contributed by atoms with Gasteiger partial charge in [-0.2, -0.15) is 0 Å². The molecule has 3 rings (SSSR count). The van der Waals surface area contributed by atoms with Gasteiger partial charge in [-0.05, 0) is 61.6 Å². The second-order valence-electron chi connectivity index (χ2n) is 10.9. The number of nitrogens with one attached hydrogen (secondary N) is 2. The highest BCUT2D eigenvalue weighted by molar-refractivity contribution is 7.92. The Kier molecular flexibility index (Phi) is 11.7. The van der Waals surface area contributed by atoms with Crippen LogP contribution < -0.4 is 14.9 Å². The van der Waals surface area contributed by atoms with E-state index < -0.39 is 22.2 Å². The summed E-state index contributed by atoms with van der Waals surface area (Å²) in [5, 5.41) is 17.6. The lowest BCUT2D eigenvalue weighted by Gasteiger charge is -2.27.